The van der Waals surface area contributed by atoms with Crippen molar-refractivity contribution in [2.75, 3.05) is 10.8 Å². The van der Waals surface area contributed by atoms with Gasteiger partial charge in [0.25, 0.3) is 5.91 Å². The normalized spacial score (nSPS) is 14.8. The number of halogens is 3. The van der Waals surface area contributed by atoms with E-state index in [1.807, 2.05) is 0 Å². The molecular weight excluding hydrogens is 387 g/mol. The molecule has 0 aliphatic carbocycles. The smallest absolute Gasteiger partial charge is 0.316 e. The SMILES string of the molecule is O=C(CCl)ON=C1C(=O)N(Cc2c(Cl)cccc2Cl)c2ccccc21. The molecule has 0 N–H and O–H groups in total. The number of benzene rings is 2. The van der Waals surface area contributed by atoms with Gasteiger partial charge in [-0.1, -0.05) is 52.6 Å². The van der Waals surface area contributed by atoms with Crippen LogP contribution in [-0.4, -0.2) is 23.5 Å². The number of hydrogen-bond acceptors (Lipinski definition) is 4. The van der Waals surface area contributed by atoms with Gasteiger partial charge in [0.2, 0.25) is 0 Å². The van der Waals surface area contributed by atoms with Crippen molar-refractivity contribution in [1.82, 2.24) is 0 Å². The molecule has 1 heterocycles. The molecule has 2 aromatic carbocycles. The summed E-state index contributed by atoms with van der Waals surface area (Å²) in [5, 5.41) is 4.59. The van der Waals surface area contributed by atoms with E-state index in [4.69, 9.17) is 34.8 Å². The fourth-order valence-corrected chi connectivity index (χ4v) is 3.04. The van der Waals surface area contributed by atoms with E-state index in [9.17, 15) is 9.59 Å². The Labute approximate surface area is 158 Å². The van der Waals surface area contributed by atoms with Crippen LogP contribution in [0.1, 0.15) is 11.1 Å². The van der Waals surface area contributed by atoms with Gasteiger partial charge in [0, 0.05) is 21.2 Å². The quantitative estimate of drug-likeness (QED) is 0.445. The summed E-state index contributed by atoms with van der Waals surface area (Å²) in [6.45, 7) is 0.164. The first-order chi connectivity index (χ1) is 12.0. The zero-order valence-corrected chi connectivity index (χ0v) is 15.0. The minimum Gasteiger partial charge on any atom is -0.316 e. The van der Waals surface area contributed by atoms with Crippen LogP contribution in [0.2, 0.25) is 10.0 Å². The van der Waals surface area contributed by atoms with Gasteiger partial charge in [-0.25, -0.2) is 4.79 Å². The van der Waals surface area contributed by atoms with Crippen LogP contribution >= 0.6 is 34.8 Å². The summed E-state index contributed by atoms with van der Waals surface area (Å²) in [6, 6.07) is 12.2. The zero-order valence-electron chi connectivity index (χ0n) is 12.7. The number of oxime groups is 1. The molecule has 5 nitrogen and oxygen atoms in total. The molecule has 1 aliphatic heterocycles. The van der Waals surface area contributed by atoms with Crippen molar-refractivity contribution in [2.24, 2.45) is 5.16 Å². The number of amides is 1. The summed E-state index contributed by atoms with van der Waals surface area (Å²) < 4.78 is 0. The van der Waals surface area contributed by atoms with Crippen molar-refractivity contribution in [3.05, 3.63) is 63.6 Å². The maximum absolute atomic E-state index is 12.8. The van der Waals surface area contributed by atoms with Crippen LogP contribution in [0.4, 0.5) is 5.69 Å². The summed E-state index contributed by atoms with van der Waals surface area (Å²) >= 11 is 17.8. The highest BCUT2D eigenvalue weighted by atomic mass is 35.5. The average Bonchev–Trinajstić information content (AvgIpc) is 2.87. The minimum atomic E-state index is -0.743. The molecule has 1 amide bonds. The molecular formula is C17H11Cl3N2O3. The van der Waals surface area contributed by atoms with Crippen molar-refractivity contribution < 1.29 is 14.4 Å². The Morgan fingerprint density at radius 2 is 1.76 bits per heavy atom. The largest absolute Gasteiger partial charge is 0.349 e. The maximum Gasteiger partial charge on any atom is 0.349 e. The number of alkyl halides is 1. The van der Waals surface area contributed by atoms with Crippen LogP contribution in [0.15, 0.2) is 47.6 Å². The van der Waals surface area contributed by atoms with Crippen LogP contribution in [0.3, 0.4) is 0 Å². The van der Waals surface area contributed by atoms with Crippen molar-refractivity contribution in [1.29, 1.82) is 0 Å². The van der Waals surface area contributed by atoms with E-state index >= 15 is 0 Å². The van der Waals surface area contributed by atoms with Gasteiger partial charge in [-0.3, -0.25) is 4.79 Å². The monoisotopic (exact) mass is 396 g/mol. The standard InChI is InChI=1S/C17H11Cl3N2O3/c18-8-15(23)25-21-16-10-4-1-2-7-14(10)22(17(16)24)9-11-12(19)5-3-6-13(11)20/h1-7H,8-9H2. The second-order valence-corrected chi connectivity index (χ2v) is 6.23. The number of carbonyl (C=O) groups is 2. The number of carbonyl (C=O) groups excluding carboxylic acids is 2. The molecule has 0 bridgehead atoms. The molecule has 25 heavy (non-hydrogen) atoms. The van der Waals surface area contributed by atoms with Gasteiger partial charge in [-0.05, 0) is 18.2 Å². The second kappa shape index (κ2) is 7.44. The minimum absolute atomic E-state index is 0.0252. The lowest BCUT2D eigenvalue weighted by Gasteiger charge is -2.18. The Morgan fingerprint density at radius 3 is 2.44 bits per heavy atom. The van der Waals surface area contributed by atoms with E-state index in [1.165, 1.54) is 4.90 Å². The summed E-state index contributed by atoms with van der Waals surface area (Å²) in [5.74, 6) is -1.52. The van der Waals surface area contributed by atoms with Crippen LogP contribution in [0, 0.1) is 0 Å². The number of para-hydroxylation sites is 1. The van der Waals surface area contributed by atoms with E-state index in [0.717, 1.165) is 0 Å². The van der Waals surface area contributed by atoms with Gasteiger partial charge in [0.05, 0.1) is 12.2 Å². The van der Waals surface area contributed by atoms with Crippen LogP contribution in [-0.2, 0) is 21.0 Å². The first-order valence-electron chi connectivity index (χ1n) is 7.21. The van der Waals surface area contributed by atoms with Crippen molar-refractivity contribution in [3.8, 4) is 0 Å². The van der Waals surface area contributed by atoms with Crippen LogP contribution in [0.5, 0.6) is 0 Å². The molecule has 2 aromatic rings. The predicted octanol–water partition coefficient (Wildman–Crippen LogP) is 4.03. The van der Waals surface area contributed by atoms with Crippen molar-refractivity contribution >= 4 is 58.1 Å². The molecule has 0 aromatic heterocycles. The van der Waals surface area contributed by atoms with Crippen LogP contribution < -0.4 is 4.90 Å². The van der Waals surface area contributed by atoms with Crippen molar-refractivity contribution in [2.45, 2.75) is 6.54 Å². The molecule has 128 valence electrons. The Bertz CT molecular complexity index is 863. The molecule has 0 radical (unpaired) electrons. The van der Waals surface area contributed by atoms with Crippen LogP contribution in [0.25, 0.3) is 0 Å². The van der Waals surface area contributed by atoms with Gasteiger partial charge < -0.3 is 9.74 Å². The third-order valence-corrected chi connectivity index (χ3v) is 4.55. The Balaban J connectivity index is 1.99. The molecule has 0 unspecified atom stereocenters. The lowest BCUT2D eigenvalue weighted by molar-refractivity contribution is -0.140. The van der Waals surface area contributed by atoms with Crippen molar-refractivity contribution in [3.63, 3.8) is 0 Å². The highest BCUT2D eigenvalue weighted by Gasteiger charge is 2.35. The van der Waals surface area contributed by atoms with Gasteiger partial charge in [0.15, 0.2) is 5.71 Å². The topological polar surface area (TPSA) is 59.0 Å². The number of hydrogen-bond donors (Lipinski definition) is 0. The number of anilines is 1. The summed E-state index contributed by atoms with van der Waals surface area (Å²) in [7, 11) is 0. The lowest BCUT2D eigenvalue weighted by Crippen LogP contribution is -2.30. The molecule has 0 saturated heterocycles. The first-order valence-corrected chi connectivity index (χ1v) is 8.50. The Morgan fingerprint density at radius 1 is 1.08 bits per heavy atom. The summed E-state index contributed by atoms with van der Waals surface area (Å²) in [5.41, 5.74) is 1.83. The molecule has 0 fully saturated rings. The Kier molecular flexibility index (Phi) is 5.27. The zero-order chi connectivity index (χ0) is 18.0. The fraction of sp³-hybridized carbons (Fsp3) is 0.118. The predicted molar refractivity (Wildman–Crippen MR) is 97.4 cm³/mol. The van der Waals surface area contributed by atoms with Gasteiger partial charge in [-0.15, -0.1) is 11.6 Å². The van der Waals surface area contributed by atoms with Gasteiger partial charge >= 0.3 is 5.97 Å². The van der Waals surface area contributed by atoms with Gasteiger partial charge in [0.1, 0.15) is 5.88 Å². The van der Waals surface area contributed by atoms with E-state index in [1.54, 1.807) is 42.5 Å². The first kappa shape index (κ1) is 17.7. The third-order valence-electron chi connectivity index (χ3n) is 3.62. The molecule has 3 rings (SSSR count). The molecule has 0 saturated carbocycles. The number of fused-ring (bicyclic) bond motifs is 1. The van der Waals surface area contributed by atoms with E-state index in [0.29, 0.717) is 26.9 Å². The molecule has 8 heteroatoms. The van der Waals surface area contributed by atoms with E-state index in [-0.39, 0.29) is 18.1 Å². The fourth-order valence-electron chi connectivity index (χ4n) is 2.47. The highest BCUT2D eigenvalue weighted by molar-refractivity contribution is 6.54. The summed E-state index contributed by atoms with van der Waals surface area (Å²) in [6.07, 6.45) is 0. The number of rotatable bonds is 4. The van der Waals surface area contributed by atoms with E-state index < -0.39 is 11.9 Å². The highest BCUT2D eigenvalue weighted by Crippen LogP contribution is 2.33. The second-order valence-electron chi connectivity index (χ2n) is 5.15. The average molecular weight is 398 g/mol. The maximum atomic E-state index is 12.8. The third kappa shape index (κ3) is 3.49. The molecule has 1 aliphatic rings. The Hall–Kier alpha value is -2.08. The molecule has 0 atom stereocenters. The number of nitrogens with zero attached hydrogens (tertiary/aromatic N) is 2. The lowest BCUT2D eigenvalue weighted by atomic mass is 10.1. The van der Waals surface area contributed by atoms with E-state index in [2.05, 4.69) is 9.99 Å². The summed E-state index contributed by atoms with van der Waals surface area (Å²) in [4.78, 5) is 30.2. The molecule has 0 spiro atoms. The van der Waals surface area contributed by atoms with Gasteiger partial charge in [-0.2, -0.15) is 0 Å².